The molecule has 5 nitrogen and oxygen atoms in total. The first-order valence-electron chi connectivity index (χ1n) is 5.91. The van der Waals surface area contributed by atoms with Gasteiger partial charge < -0.3 is 10.1 Å². The minimum atomic E-state index is -0.195. The summed E-state index contributed by atoms with van der Waals surface area (Å²) in [5.41, 5.74) is 2.07. The van der Waals surface area contributed by atoms with Crippen LogP contribution in [0.1, 0.15) is 21.7 Å². The second kappa shape index (κ2) is 5.95. The molecule has 0 aliphatic heterocycles. The van der Waals surface area contributed by atoms with Gasteiger partial charge in [-0.3, -0.25) is 4.79 Å². The molecule has 0 atom stereocenters. The Morgan fingerprint density at radius 3 is 2.68 bits per heavy atom. The first-order valence-corrected chi connectivity index (χ1v) is 5.91. The van der Waals surface area contributed by atoms with E-state index in [1.165, 1.54) is 7.11 Å². The molecule has 0 fully saturated rings. The lowest BCUT2D eigenvalue weighted by molar-refractivity contribution is 0.0947. The van der Waals surface area contributed by atoms with Crippen molar-refractivity contribution in [2.45, 2.75) is 13.5 Å². The Bertz CT molecular complexity index is 567. The fraction of sp³-hybridized carbons (Fsp3) is 0.214. The molecule has 1 N–H and O–H groups in total. The number of methoxy groups -OCH3 is 1. The molecule has 0 aliphatic carbocycles. The van der Waals surface area contributed by atoms with Crippen LogP contribution in [0.5, 0.6) is 5.75 Å². The van der Waals surface area contributed by atoms with E-state index in [0.29, 0.717) is 23.6 Å². The number of para-hydroxylation sites is 1. The van der Waals surface area contributed by atoms with Crippen LogP contribution in [0.4, 0.5) is 0 Å². The van der Waals surface area contributed by atoms with Crippen molar-refractivity contribution in [2.75, 3.05) is 7.11 Å². The summed E-state index contributed by atoms with van der Waals surface area (Å²) in [4.78, 5) is 12.0. The second-order valence-corrected chi connectivity index (χ2v) is 4.05. The summed E-state index contributed by atoms with van der Waals surface area (Å²) in [5.74, 6) is 0.356. The summed E-state index contributed by atoms with van der Waals surface area (Å²) >= 11 is 0. The number of carbonyl (C=O) groups is 1. The van der Waals surface area contributed by atoms with E-state index in [2.05, 4.69) is 15.5 Å². The molecule has 1 aromatic heterocycles. The van der Waals surface area contributed by atoms with Crippen molar-refractivity contribution in [2.24, 2.45) is 0 Å². The zero-order chi connectivity index (χ0) is 13.7. The van der Waals surface area contributed by atoms with Gasteiger partial charge in [-0.15, -0.1) is 0 Å². The van der Waals surface area contributed by atoms with Crippen molar-refractivity contribution in [1.29, 1.82) is 0 Å². The van der Waals surface area contributed by atoms with Crippen molar-refractivity contribution >= 4 is 5.91 Å². The van der Waals surface area contributed by atoms with Crippen molar-refractivity contribution in [3.63, 3.8) is 0 Å². The number of hydrogen-bond donors (Lipinski definition) is 1. The van der Waals surface area contributed by atoms with Gasteiger partial charge in [0.2, 0.25) is 0 Å². The largest absolute Gasteiger partial charge is 0.496 e. The number of ether oxygens (including phenoxy) is 1. The van der Waals surface area contributed by atoms with Crippen LogP contribution >= 0.6 is 0 Å². The predicted molar refractivity (Wildman–Crippen MR) is 70.9 cm³/mol. The fourth-order valence-corrected chi connectivity index (χ4v) is 1.62. The van der Waals surface area contributed by atoms with Gasteiger partial charge in [-0.25, -0.2) is 0 Å². The van der Waals surface area contributed by atoms with Crippen LogP contribution in [0, 0.1) is 6.92 Å². The summed E-state index contributed by atoms with van der Waals surface area (Å²) in [6, 6.07) is 10.8. The van der Waals surface area contributed by atoms with Gasteiger partial charge in [-0.1, -0.05) is 12.1 Å². The van der Waals surface area contributed by atoms with Gasteiger partial charge in [-0.2, -0.15) is 10.2 Å². The van der Waals surface area contributed by atoms with E-state index in [-0.39, 0.29) is 5.91 Å². The Morgan fingerprint density at radius 1 is 1.21 bits per heavy atom. The van der Waals surface area contributed by atoms with E-state index in [1.807, 2.05) is 25.1 Å². The zero-order valence-corrected chi connectivity index (χ0v) is 10.9. The zero-order valence-electron chi connectivity index (χ0n) is 10.9. The molecule has 0 saturated heterocycles. The standard InChI is InChI=1S/C14H15N3O2/c1-10-7-8-11(17-16-10)9-15-14(18)12-5-3-4-6-13(12)19-2/h3-8H,9H2,1-2H3,(H,15,18). The van der Waals surface area contributed by atoms with Gasteiger partial charge in [0.1, 0.15) is 5.75 Å². The lowest BCUT2D eigenvalue weighted by Crippen LogP contribution is -2.24. The van der Waals surface area contributed by atoms with Gasteiger partial charge in [-0.05, 0) is 31.2 Å². The minimum Gasteiger partial charge on any atom is -0.496 e. The summed E-state index contributed by atoms with van der Waals surface area (Å²) < 4.78 is 5.15. The topological polar surface area (TPSA) is 64.1 Å². The number of hydrogen-bond acceptors (Lipinski definition) is 4. The van der Waals surface area contributed by atoms with Crippen LogP contribution in [0.3, 0.4) is 0 Å². The molecule has 5 heteroatoms. The third kappa shape index (κ3) is 3.28. The van der Waals surface area contributed by atoms with E-state index in [1.54, 1.807) is 18.2 Å². The van der Waals surface area contributed by atoms with Crippen LogP contribution in [0.15, 0.2) is 36.4 Å². The molecule has 0 saturated carbocycles. The van der Waals surface area contributed by atoms with E-state index in [9.17, 15) is 4.79 Å². The van der Waals surface area contributed by atoms with E-state index in [0.717, 1.165) is 5.69 Å². The van der Waals surface area contributed by atoms with Crippen LogP contribution < -0.4 is 10.1 Å². The number of benzene rings is 1. The maximum Gasteiger partial charge on any atom is 0.255 e. The van der Waals surface area contributed by atoms with Crippen molar-refractivity contribution in [1.82, 2.24) is 15.5 Å². The molecule has 0 unspecified atom stereocenters. The predicted octanol–water partition coefficient (Wildman–Crippen LogP) is 1.72. The fourth-order valence-electron chi connectivity index (χ4n) is 1.62. The smallest absolute Gasteiger partial charge is 0.255 e. The minimum absolute atomic E-state index is 0.195. The number of nitrogens with zero attached hydrogens (tertiary/aromatic N) is 2. The summed E-state index contributed by atoms with van der Waals surface area (Å²) in [6.07, 6.45) is 0. The summed E-state index contributed by atoms with van der Waals surface area (Å²) in [5, 5.41) is 10.7. The van der Waals surface area contributed by atoms with Gasteiger partial charge in [0.25, 0.3) is 5.91 Å². The monoisotopic (exact) mass is 257 g/mol. The molecule has 0 radical (unpaired) electrons. The molecule has 0 bridgehead atoms. The van der Waals surface area contributed by atoms with Crippen molar-refractivity contribution in [3.8, 4) is 5.75 Å². The molecule has 2 aromatic rings. The third-order valence-electron chi connectivity index (χ3n) is 2.63. The average Bonchev–Trinajstić information content (AvgIpc) is 2.46. The first-order chi connectivity index (χ1) is 9.20. The van der Waals surface area contributed by atoms with Crippen LogP contribution in [0.25, 0.3) is 0 Å². The molecular weight excluding hydrogens is 242 g/mol. The van der Waals surface area contributed by atoms with E-state index >= 15 is 0 Å². The van der Waals surface area contributed by atoms with Crippen LogP contribution in [0.2, 0.25) is 0 Å². The number of carbonyl (C=O) groups excluding carboxylic acids is 1. The lowest BCUT2D eigenvalue weighted by Gasteiger charge is -2.08. The highest BCUT2D eigenvalue weighted by molar-refractivity contribution is 5.96. The molecular formula is C14H15N3O2. The number of nitrogens with one attached hydrogen (secondary N) is 1. The molecule has 1 heterocycles. The highest BCUT2D eigenvalue weighted by atomic mass is 16.5. The van der Waals surface area contributed by atoms with Crippen LogP contribution in [-0.4, -0.2) is 23.2 Å². The maximum absolute atomic E-state index is 12.0. The Balaban J connectivity index is 2.03. The molecule has 1 amide bonds. The molecule has 1 aromatic carbocycles. The van der Waals surface area contributed by atoms with Gasteiger partial charge >= 0.3 is 0 Å². The normalized spacial score (nSPS) is 10.0. The molecule has 0 aliphatic rings. The Labute approximate surface area is 111 Å². The van der Waals surface area contributed by atoms with E-state index in [4.69, 9.17) is 4.74 Å². The quantitative estimate of drug-likeness (QED) is 0.905. The third-order valence-corrected chi connectivity index (χ3v) is 2.63. The van der Waals surface area contributed by atoms with Crippen molar-refractivity contribution in [3.05, 3.63) is 53.3 Å². The lowest BCUT2D eigenvalue weighted by atomic mass is 10.2. The maximum atomic E-state index is 12.0. The highest BCUT2D eigenvalue weighted by Crippen LogP contribution is 2.16. The molecule has 0 spiro atoms. The van der Waals surface area contributed by atoms with Crippen LogP contribution in [-0.2, 0) is 6.54 Å². The van der Waals surface area contributed by atoms with E-state index < -0.39 is 0 Å². The summed E-state index contributed by atoms with van der Waals surface area (Å²) in [6.45, 7) is 2.20. The SMILES string of the molecule is COc1ccccc1C(=O)NCc1ccc(C)nn1. The first kappa shape index (κ1) is 13.0. The second-order valence-electron chi connectivity index (χ2n) is 4.05. The van der Waals surface area contributed by atoms with Gasteiger partial charge in [0, 0.05) is 0 Å². The Morgan fingerprint density at radius 2 is 2.00 bits per heavy atom. The molecule has 98 valence electrons. The molecule has 2 rings (SSSR count). The average molecular weight is 257 g/mol. The number of rotatable bonds is 4. The Kier molecular flexibility index (Phi) is 4.07. The molecule has 19 heavy (non-hydrogen) atoms. The van der Waals surface area contributed by atoms with Crippen molar-refractivity contribution < 1.29 is 9.53 Å². The van der Waals surface area contributed by atoms with Gasteiger partial charge in [0.05, 0.1) is 30.6 Å². The van der Waals surface area contributed by atoms with Gasteiger partial charge in [0.15, 0.2) is 0 Å². The Hall–Kier alpha value is -2.43. The number of aryl methyl sites for hydroxylation is 1. The summed E-state index contributed by atoms with van der Waals surface area (Å²) in [7, 11) is 1.54. The highest BCUT2D eigenvalue weighted by Gasteiger charge is 2.10. The number of amides is 1. The number of aromatic nitrogens is 2.